The third-order valence-corrected chi connectivity index (χ3v) is 5.01. The molecule has 1 aromatic heterocycles. The highest BCUT2D eigenvalue weighted by Crippen LogP contribution is 2.16. The lowest BCUT2D eigenvalue weighted by Gasteiger charge is -2.19. The molecule has 0 aliphatic heterocycles. The van der Waals surface area contributed by atoms with Gasteiger partial charge in [-0.2, -0.15) is 0 Å². The van der Waals surface area contributed by atoms with Crippen LogP contribution in [-0.2, 0) is 9.59 Å². The Kier molecular flexibility index (Phi) is 8.09. The topological polar surface area (TPSA) is 72.0 Å². The summed E-state index contributed by atoms with van der Waals surface area (Å²) >= 11 is 1.24. The molecule has 2 unspecified atom stereocenters. The monoisotopic (exact) mass is 395 g/mol. The first kappa shape index (κ1) is 21.5. The van der Waals surface area contributed by atoms with Crippen LogP contribution in [0.1, 0.15) is 37.3 Å². The maximum atomic E-state index is 13.0. The van der Waals surface area contributed by atoms with Crippen molar-refractivity contribution in [3.8, 4) is 12.3 Å². The number of aryl methyl sites for hydroxylation is 1. The van der Waals surface area contributed by atoms with Crippen molar-refractivity contribution >= 4 is 29.3 Å². The van der Waals surface area contributed by atoms with Gasteiger partial charge >= 0.3 is 0 Å². The molecule has 1 aliphatic rings. The third-order valence-electron chi connectivity index (χ3n) is 4.37. The Balaban J connectivity index is 2.19. The number of Topliss-reactive ketones (excluding diaryl/α,β-unsaturated/α-hetero) is 1. The average molecular weight is 396 g/mol. The summed E-state index contributed by atoms with van der Waals surface area (Å²) < 4.78 is 3.86. The van der Waals surface area contributed by atoms with E-state index < -0.39 is 12.0 Å². The molecule has 28 heavy (non-hydrogen) atoms. The lowest BCUT2D eigenvalue weighted by Crippen LogP contribution is -2.43. The summed E-state index contributed by atoms with van der Waals surface area (Å²) in [6, 6.07) is -0.674. The van der Waals surface area contributed by atoms with Gasteiger partial charge in [-0.15, -0.1) is 11.5 Å². The molecule has 0 saturated carbocycles. The Hall–Kier alpha value is -2.78. The van der Waals surface area contributed by atoms with Crippen LogP contribution < -0.4 is 5.32 Å². The van der Waals surface area contributed by atoms with Crippen LogP contribution in [0, 0.1) is 31.1 Å². The molecule has 1 heterocycles. The fraction of sp³-hybridized carbons (Fsp3) is 0.364. The number of nitrogens with one attached hydrogen (secondary N) is 1. The standard InChI is InChI=1S/C22H25N3O2S/c1-5-9-19(21(26)17(6-2)14-20-16(4)28-25-24-20)23-22(27)18-11-8-7-10-15(3)12-13-18/h2,7-8,10-15,18-19H,5,9H2,1,3-4H3,(H,23,27)/b10-7?,11-8?,13-12?,17-14+/t15-,18?,19?/m1/s1. The Labute approximate surface area is 170 Å². The average Bonchev–Trinajstić information content (AvgIpc) is 3.06. The summed E-state index contributed by atoms with van der Waals surface area (Å²) in [5.74, 6) is 1.77. The van der Waals surface area contributed by atoms with Gasteiger partial charge in [-0.3, -0.25) is 9.59 Å². The number of ketones is 1. The number of hydrogen-bond acceptors (Lipinski definition) is 5. The van der Waals surface area contributed by atoms with E-state index in [-0.39, 0.29) is 23.2 Å². The second-order valence-electron chi connectivity index (χ2n) is 6.67. The lowest BCUT2D eigenvalue weighted by molar-refractivity contribution is -0.127. The van der Waals surface area contributed by atoms with Crippen LogP contribution in [0.5, 0.6) is 0 Å². The van der Waals surface area contributed by atoms with Crippen molar-refractivity contribution in [3.63, 3.8) is 0 Å². The zero-order valence-corrected chi connectivity index (χ0v) is 17.2. The number of allylic oxidation sites excluding steroid dienone is 4. The molecule has 1 aliphatic carbocycles. The number of carbonyl (C=O) groups is 2. The van der Waals surface area contributed by atoms with Gasteiger partial charge in [-0.25, -0.2) is 0 Å². The van der Waals surface area contributed by atoms with Gasteiger partial charge in [0.15, 0.2) is 5.78 Å². The summed E-state index contributed by atoms with van der Waals surface area (Å²) in [6.45, 7) is 5.87. The van der Waals surface area contributed by atoms with E-state index in [0.717, 1.165) is 11.3 Å². The molecule has 0 aromatic carbocycles. The molecule has 3 atom stereocenters. The summed E-state index contributed by atoms with van der Waals surface area (Å²) in [5, 5.41) is 6.86. The van der Waals surface area contributed by atoms with Gasteiger partial charge in [-0.1, -0.05) is 67.1 Å². The van der Waals surface area contributed by atoms with Crippen molar-refractivity contribution < 1.29 is 9.59 Å². The number of amides is 1. The molecule has 6 heteroatoms. The van der Waals surface area contributed by atoms with Crippen molar-refractivity contribution in [2.24, 2.45) is 11.8 Å². The molecular weight excluding hydrogens is 370 g/mol. The van der Waals surface area contributed by atoms with Crippen molar-refractivity contribution in [2.45, 2.75) is 39.7 Å². The molecule has 0 saturated heterocycles. The molecule has 0 spiro atoms. The molecule has 0 fully saturated rings. The number of terminal acetylenes is 1. The van der Waals surface area contributed by atoms with Crippen molar-refractivity contribution in [3.05, 3.63) is 52.6 Å². The Morgan fingerprint density at radius 1 is 1.32 bits per heavy atom. The van der Waals surface area contributed by atoms with Crippen LogP contribution in [0.4, 0.5) is 0 Å². The van der Waals surface area contributed by atoms with E-state index in [1.54, 1.807) is 6.08 Å². The first-order chi connectivity index (χ1) is 13.5. The van der Waals surface area contributed by atoms with E-state index in [4.69, 9.17) is 6.42 Å². The van der Waals surface area contributed by atoms with E-state index in [1.807, 2.05) is 57.2 Å². The van der Waals surface area contributed by atoms with Gasteiger partial charge in [0.2, 0.25) is 5.91 Å². The fourth-order valence-corrected chi connectivity index (χ4v) is 3.17. The second-order valence-corrected chi connectivity index (χ2v) is 7.63. The minimum absolute atomic E-state index is 0.190. The molecule has 2 rings (SSSR count). The van der Waals surface area contributed by atoms with E-state index in [2.05, 4.69) is 20.8 Å². The summed E-state index contributed by atoms with van der Waals surface area (Å²) in [5.41, 5.74) is 0.773. The number of hydrogen-bond donors (Lipinski definition) is 1. The quantitative estimate of drug-likeness (QED) is 0.435. The lowest BCUT2D eigenvalue weighted by atomic mass is 9.97. The van der Waals surface area contributed by atoms with Gasteiger partial charge in [0.25, 0.3) is 0 Å². The number of carbonyl (C=O) groups excluding carboxylic acids is 2. The maximum Gasteiger partial charge on any atom is 0.231 e. The zero-order chi connectivity index (χ0) is 20.5. The number of rotatable bonds is 7. The van der Waals surface area contributed by atoms with Crippen molar-refractivity contribution in [1.82, 2.24) is 14.9 Å². The van der Waals surface area contributed by atoms with Gasteiger partial charge in [0.05, 0.1) is 17.5 Å². The van der Waals surface area contributed by atoms with Crippen LogP contribution in [0.3, 0.4) is 0 Å². The molecule has 1 amide bonds. The molecular formula is C22H25N3O2S. The normalized spacial score (nSPS) is 20.1. The Morgan fingerprint density at radius 2 is 2.07 bits per heavy atom. The van der Waals surface area contributed by atoms with Crippen LogP contribution in [0.2, 0.25) is 0 Å². The van der Waals surface area contributed by atoms with Crippen molar-refractivity contribution in [2.75, 3.05) is 0 Å². The smallest absolute Gasteiger partial charge is 0.231 e. The van der Waals surface area contributed by atoms with E-state index in [9.17, 15) is 9.59 Å². The molecule has 0 radical (unpaired) electrons. The maximum absolute atomic E-state index is 13.0. The van der Waals surface area contributed by atoms with Crippen LogP contribution in [-0.4, -0.2) is 27.3 Å². The van der Waals surface area contributed by atoms with Gasteiger partial charge in [-0.05, 0) is 36.9 Å². The number of nitrogens with zero attached hydrogens (tertiary/aromatic N) is 2. The van der Waals surface area contributed by atoms with Gasteiger partial charge < -0.3 is 5.32 Å². The minimum Gasteiger partial charge on any atom is -0.345 e. The van der Waals surface area contributed by atoms with E-state index >= 15 is 0 Å². The molecule has 146 valence electrons. The first-order valence-corrected chi connectivity index (χ1v) is 10.1. The summed E-state index contributed by atoms with van der Waals surface area (Å²) in [6.07, 6.45) is 19.9. The van der Waals surface area contributed by atoms with E-state index in [0.29, 0.717) is 12.1 Å². The molecule has 1 N–H and O–H groups in total. The van der Waals surface area contributed by atoms with Crippen LogP contribution in [0.15, 0.2) is 42.0 Å². The highest BCUT2D eigenvalue weighted by molar-refractivity contribution is 7.05. The van der Waals surface area contributed by atoms with Crippen molar-refractivity contribution in [1.29, 1.82) is 0 Å². The summed E-state index contributed by atoms with van der Waals surface area (Å²) in [7, 11) is 0. The minimum atomic E-state index is -0.674. The SMILES string of the molecule is C#C/C(=C\c1nnsc1C)C(=O)C(CCC)NC(=O)C1C=CC=C[C@@H](C)C=C1. The molecule has 1 aromatic rings. The molecule has 5 nitrogen and oxygen atoms in total. The molecule has 0 bridgehead atoms. The van der Waals surface area contributed by atoms with Gasteiger partial charge in [0.1, 0.15) is 5.69 Å². The highest BCUT2D eigenvalue weighted by Gasteiger charge is 2.25. The fourth-order valence-electron chi connectivity index (χ4n) is 2.73. The Bertz CT molecular complexity index is 871. The van der Waals surface area contributed by atoms with E-state index in [1.165, 1.54) is 11.5 Å². The second kappa shape index (κ2) is 10.5. The number of aromatic nitrogens is 2. The zero-order valence-electron chi connectivity index (χ0n) is 16.4. The first-order valence-electron chi connectivity index (χ1n) is 9.31. The highest BCUT2D eigenvalue weighted by atomic mass is 32.1. The third kappa shape index (κ3) is 5.86. The Morgan fingerprint density at radius 3 is 2.71 bits per heavy atom. The van der Waals surface area contributed by atoms with Crippen LogP contribution >= 0.6 is 11.5 Å². The summed E-state index contributed by atoms with van der Waals surface area (Å²) in [4.78, 5) is 26.6. The van der Waals surface area contributed by atoms with Crippen LogP contribution in [0.25, 0.3) is 6.08 Å². The predicted molar refractivity (Wildman–Crippen MR) is 113 cm³/mol. The largest absolute Gasteiger partial charge is 0.345 e. The predicted octanol–water partition coefficient (Wildman–Crippen LogP) is 3.65. The van der Waals surface area contributed by atoms with Gasteiger partial charge in [0, 0.05) is 4.88 Å².